The highest BCUT2D eigenvalue weighted by atomic mass is 32.2. The van der Waals surface area contributed by atoms with Gasteiger partial charge in [0.2, 0.25) is 11.8 Å². The predicted molar refractivity (Wildman–Crippen MR) is 122 cm³/mol. The smallest absolute Gasteiger partial charge is 0.238 e. The van der Waals surface area contributed by atoms with Gasteiger partial charge in [-0.2, -0.15) is 5.26 Å². The molecule has 7 heteroatoms. The Balaban J connectivity index is 1.44. The summed E-state index contributed by atoms with van der Waals surface area (Å²) in [7, 11) is 0. The first-order valence-corrected chi connectivity index (χ1v) is 12.2. The molecule has 1 unspecified atom stereocenters. The Hall–Kier alpha value is -2.30. The minimum Gasteiger partial charge on any atom is -0.326 e. The van der Waals surface area contributed by atoms with E-state index in [2.05, 4.69) is 16.7 Å². The Morgan fingerprint density at radius 2 is 2.07 bits per heavy atom. The van der Waals surface area contributed by atoms with Crippen LogP contribution in [0, 0.1) is 17.2 Å². The Bertz CT molecular complexity index is 1000. The largest absolute Gasteiger partial charge is 0.326 e. The van der Waals surface area contributed by atoms with Crippen molar-refractivity contribution in [1.82, 2.24) is 0 Å². The fourth-order valence-electron chi connectivity index (χ4n) is 3.69. The molecule has 1 aromatic heterocycles. The van der Waals surface area contributed by atoms with Crippen LogP contribution in [0.5, 0.6) is 0 Å². The number of rotatable bonds is 7. The number of hydrogen-bond acceptors (Lipinski definition) is 5. The maximum atomic E-state index is 13.0. The molecule has 0 radical (unpaired) electrons. The molecule has 1 atom stereocenters. The molecular weight excluding hydrogens is 414 g/mol. The lowest BCUT2D eigenvalue weighted by molar-refractivity contribution is -0.117. The zero-order chi connectivity index (χ0) is 21.1. The van der Waals surface area contributed by atoms with Crippen molar-refractivity contribution < 1.29 is 9.59 Å². The summed E-state index contributed by atoms with van der Waals surface area (Å²) in [5, 5.41) is 16.0. The minimum absolute atomic E-state index is 0.0765. The molecule has 2 aliphatic rings. The van der Waals surface area contributed by atoms with Crippen molar-refractivity contribution in [3.63, 3.8) is 0 Å². The monoisotopic (exact) mass is 439 g/mol. The Labute approximate surface area is 185 Å². The van der Waals surface area contributed by atoms with Crippen LogP contribution >= 0.6 is 23.1 Å². The second-order valence-corrected chi connectivity index (χ2v) is 10.2. The lowest BCUT2D eigenvalue weighted by Gasteiger charge is -2.15. The topological polar surface area (TPSA) is 82.0 Å². The van der Waals surface area contributed by atoms with Gasteiger partial charge < -0.3 is 10.6 Å². The van der Waals surface area contributed by atoms with Crippen LogP contribution in [-0.4, -0.2) is 17.1 Å². The number of amides is 2. The van der Waals surface area contributed by atoms with Gasteiger partial charge in [0.25, 0.3) is 0 Å². The number of fused-ring (bicyclic) bond motifs is 1. The lowest BCUT2D eigenvalue weighted by atomic mass is 9.96. The highest BCUT2D eigenvalue weighted by Crippen LogP contribution is 2.38. The number of aryl methyl sites for hydroxylation is 1. The van der Waals surface area contributed by atoms with Gasteiger partial charge >= 0.3 is 0 Å². The van der Waals surface area contributed by atoms with Crippen molar-refractivity contribution >= 4 is 45.6 Å². The van der Waals surface area contributed by atoms with Crippen LogP contribution in [0.3, 0.4) is 0 Å². The summed E-state index contributed by atoms with van der Waals surface area (Å²) in [6, 6.07) is 9.96. The van der Waals surface area contributed by atoms with Gasteiger partial charge in [0.1, 0.15) is 11.1 Å². The third-order valence-corrected chi connectivity index (χ3v) is 8.08. The first kappa shape index (κ1) is 21.0. The summed E-state index contributed by atoms with van der Waals surface area (Å²) >= 11 is 3.04. The van der Waals surface area contributed by atoms with Crippen LogP contribution in [-0.2, 0) is 22.4 Å². The van der Waals surface area contributed by atoms with E-state index in [4.69, 9.17) is 0 Å². The number of benzene rings is 1. The number of nitrogens with one attached hydrogen (secondary N) is 2. The first-order chi connectivity index (χ1) is 14.6. The maximum Gasteiger partial charge on any atom is 0.238 e. The molecule has 0 saturated heterocycles. The van der Waals surface area contributed by atoms with Gasteiger partial charge in [-0.15, -0.1) is 23.1 Å². The zero-order valence-electron chi connectivity index (χ0n) is 17.0. The number of anilines is 2. The number of thiophene rings is 1. The van der Waals surface area contributed by atoms with Crippen molar-refractivity contribution in [2.45, 2.75) is 62.0 Å². The van der Waals surface area contributed by atoms with Gasteiger partial charge in [0.05, 0.1) is 10.8 Å². The highest BCUT2D eigenvalue weighted by molar-refractivity contribution is 8.00. The number of hydrogen-bond donors (Lipinski definition) is 2. The molecule has 2 aliphatic carbocycles. The van der Waals surface area contributed by atoms with Gasteiger partial charge in [-0.3, -0.25) is 9.59 Å². The van der Waals surface area contributed by atoms with E-state index in [0.29, 0.717) is 17.0 Å². The number of nitriles is 1. The Kier molecular flexibility index (Phi) is 6.45. The molecule has 1 aromatic carbocycles. The van der Waals surface area contributed by atoms with Crippen molar-refractivity contribution in [2.24, 2.45) is 5.92 Å². The van der Waals surface area contributed by atoms with Gasteiger partial charge in [-0.1, -0.05) is 13.0 Å². The normalized spacial score (nSPS) is 16.3. The summed E-state index contributed by atoms with van der Waals surface area (Å²) in [5.41, 5.74) is 2.54. The first-order valence-electron chi connectivity index (χ1n) is 10.5. The molecule has 1 saturated carbocycles. The summed E-state index contributed by atoms with van der Waals surface area (Å²) in [4.78, 5) is 27.2. The minimum atomic E-state index is -0.273. The Morgan fingerprint density at radius 1 is 1.27 bits per heavy atom. The lowest BCUT2D eigenvalue weighted by Crippen LogP contribution is -2.24. The summed E-state index contributed by atoms with van der Waals surface area (Å²) in [5.74, 6) is 0.152. The van der Waals surface area contributed by atoms with E-state index in [0.717, 1.165) is 54.7 Å². The van der Waals surface area contributed by atoms with Crippen LogP contribution in [0.1, 0.15) is 55.0 Å². The molecule has 4 rings (SSSR count). The van der Waals surface area contributed by atoms with Crippen LogP contribution in [0.15, 0.2) is 29.2 Å². The van der Waals surface area contributed by atoms with E-state index in [1.54, 1.807) is 11.3 Å². The van der Waals surface area contributed by atoms with Crippen molar-refractivity contribution in [3.05, 3.63) is 40.3 Å². The predicted octanol–water partition coefficient (Wildman–Crippen LogP) is 5.36. The molecule has 2 N–H and O–H groups in total. The molecule has 30 heavy (non-hydrogen) atoms. The Morgan fingerprint density at radius 3 is 2.80 bits per heavy atom. The molecule has 0 bridgehead atoms. The van der Waals surface area contributed by atoms with Gasteiger partial charge in [-0.25, -0.2) is 0 Å². The molecular formula is C23H25N3O2S2. The molecule has 2 aromatic rings. The summed E-state index contributed by atoms with van der Waals surface area (Å²) < 4.78 is 0. The number of nitrogens with zero attached hydrogens (tertiary/aromatic N) is 1. The van der Waals surface area contributed by atoms with E-state index < -0.39 is 0 Å². The second-order valence-electron chi connectivity index (χ2n) is 7.82. The van der Waals surface area contributed by atoms with Crippen LogP contribution < -0.4 is 10.6 Å². The van der Waals surface area contributed by atoms with Gasteiger partial charge in [0, 0.05) is 21.4 Å². The number of thioether (sulfide) groups is 1. The van der Waals surface area contributed by atoms with Crippen LogP contribution in [0.25, 0.3) is 0 Å². The molecule has 1 heterocycles. The van der Waals surface area contributed by atoms with Crippen LogP contribution in [0.2, 0.25) is 0 Å². The number of carbonyl (C=O) groups excluding carboxylic acids is 2. The molecule has 5 nitrogen and oxygen atoms in total. The quantitative estimate of drug-likeness (QED) is 0.569. The maximum absolute atomic E-state index is 13.0. The average molecular weight is 440 g/mol. The van der Waals surface area contributed by atoms with Crippen molar-refractivity contribution in [1.29, 1.82) is 5.26 Å². The van der Waals surface area contributed by atoms with E-state index in [9.17, 15) is 14.9 Å². The van der Waals surface area contributed by atoms with E-state index in [-0.39, 0.29) is 23.0 Å². The van der Waals surface area contributed by atoms with Gasteiger partial charge in [-0.05, 0) is 68.7 Å². The standard InChI is InChI=1S/C23H25N3O2S2/c1-2-19(29-16-7-5-6-15(12-16)25-21(27)14-10-11-14)22(28)26-23-18(13-24)17-8-3-4-9-20(17)30-23/h5-7,12,14,19H,2-4,8-11H2,1H3,(H,25,27)(H,26,28). The summed E-state index contributed by atoms with van der Waals surface area (Å²) in [6.45, 7) is 1.99. The molecule has 0 spiro atoms. The number of carbonyl (C=O) groups is 2. The van der Waals surface area contributed by atoms with E-state index in [1.807, 2.05) is 31.2 Å². The van der Waals surface area contributed by atoms with Gasteiger partial charge in [0.15, 0.2) is 0 Å². The molecule has 156 valence electrons. The van der Waals surface area contributed by atoms with Crippen molar-refractivity contribution in [2.75, 3.05) is 10.6 Å². The highest BCUT2D eigenvalue weighted by Gasteiger charge is 2.29. The molecule has 1 fully saturated rings. The second kappa shape index (κ2) is 9.23. The third kappa shape index (κ3) is 4.71. The SMILES string of the molecule is CCC(Sc1cccc(NC(=O)C2CC2)c1)C(=O)Nc1sc2c(c1C#N)CCCC2. The van der Waals surface area contributed by atoms with E-state index in [1.165, 1.54) is 16.6 Å². The zero-order valence-corrected chi connectivity index (χ0v) is 18.6. The average Bonchev–Trinajstić information content (AvgIpc) is 3.54. The molecule has 0 aliphatic heterocycles. The fraction of sp³-hybridized carbons (Fsp3) is 0.435. The fourth-order valence-corrected chi connectivity index (χ4v) is 5.94. The molecule has 2 amide bonds. The van der Waals surface area contributed by atoms with E-state index >= 15 is 0 Å². The van der Waals surface area contributed by atoms with Crippen molar-refractivity contribution in [3.8, 4) is 6.07 Å². The summed E-state index contributed by atoms with van der Waals surface area (Å²) in [6.07, 6.45) is 6.78. The van der Waals surface area contributed by atoms with Crippen LogP contribution in [0.4, 0.5) is 10.7 Å². The third-order valence-electron chi connectivity index (χ3n) is 5.51.